The molecule has 1 aromatic heterocycles. The zero-order valence-corrected chi connectivity index (χ0v) is 33.9. The van der Waals surface area contributed by atoms with Gasteiger partial charge in [0.25, 0.3) is 5.82 Å². The van der Waals surface area contributed by atoms with E-state index in [2.05, 4.69) is 49.6 Å². The highest BCUT2D eigenvalue weighted by Gasteiger charge is 2.25. The first-order valence-electron chi connectivity index (χ1n) is 22.8. The number of rotatable bonds is 39. The summed E-state index contributed by atoms with van der Waals surface area (Å²) < 4.78 is 2.65. The van der Waals surface area contributed by atoms with Crippen LogP contribution < -0.4 is 4.57 Å². The van der Waals surface area contributed by atoms with Crippen LogP contribution >= 0.6 is 0 Å². The quantitative estimate of drug-likeness (QED) is 0.0531. The van der Waals surface area contributed by atoms with E-state index in [-0.39, 0.29) is 0 Å². The lowest BCUT2D eigenvalue weighted by Gasteiger charge is -2.17. The topological polar surface area (TPSA) is 19.7 Å². The SMILES string of the molecule is CCCCCCCCCCCCCCCCCC(CCCCCCCCC)c1[nH]cc[n+]1C(C)CCCCCCCCCCCCCC. The number of nitrogens with one attached hydrogen (secondary N) is 1. The summed E-state index contributed by atoms with van der Waals surface area (Å²) in [7, 11) is 0. The van der Waals surface area contributed by atoms with Crippen LogP contribution in [0.1, 0.15) is 283 Å². The number of hydrogen-bond acceptors (Lipinski definition) is 0. The first-order valence-corrected chi connectivity index (χ1v) is 22.8. The van der Waals surface area contributed by atoms with Crippen molar-refractivity contribution in [3.8, 4) is 0 Å². The van der Waals surface area contributed by atoms with E-state index in [0.29, 0.717) is 12.0 Å². The molecule has 0 fully saturated rings. The summed E-state index contributed by atoms with van der Waals surface area (Å²) in [6.45, 7) is 9.43. The summed E-state index contributed by atoms with van der Waals surface area (Å²) in [4.78, 5) is 3.77. The molecule has 0 saturated heterocycles. The van der Waals surface area contributed by atoms with Gasteiger partial charge in [0, 0.05) is 0 Å². The maximum atomic E-state index is 3.77. The van der Waals surface area contributed by atoms with Gasteiger partial charge < -0.3 is 0 Å². The van der Waals surface area contributed by atoms with Gasteiger partial charge >= 0.3 is 0 Å². The van der Waals surface area contributed by atoms with Gasteiger partial charge in [0.15, 0.2) is 0 Å². The molecule has 0 aromatic carbocycles. The standard InChI is InChI=1S/C46H90N2/c1-5-8-11-14-17-19-21-23-24-25-27-29-32-35-38-41-45(40-37-34-30-16-13-10-7-3)46-47-42-43-48(46)44(4)39-36-33-31-28-26-22-20-18-15-12-9-6-2/h42-45H,5-41H2,1-4H3/p+1. The lowest BCUT2D eigenvalue weighted by atomic mass is 9.92. The molecule has 48 heavy (non-hydrogen) atoms. The van der Waals surface area contributed by atoms with Crippen LogP contribution in [0.5, 0.6) is 0 Å². The van der Waals surface area contributed by atoms with E-state index in [4.69, 9.17) is 0 Å². The third-order valence-corrected chi connectivity index (χ3v) is 11.4. The molecular weight excluding hydrogens is 581 g/mol. The average Bonchev–Trinajstić information content (AvgIpc) is 3.59. The predicted molar refractivity (Wildman–Crippen MR) is 216 cm³/mol. The molecule has 284 valence electrons. The maximum Gasteiger partial charge on any atom is 0.257 e. The van der Waals surface area contributed by atoms with Gasteiger partial charge in [-0.05, 0) is 32.6 Å². The van der Waals surface area contributed by atoms with Crippen molar-refractivity contribution in [1.82, 2.24) is 4.98 Å². The minimum Gasteiger partial charge on any atom is -0.247 e. The van der Waals surface area contributed by atoms with Gasteiger partial charge in [-0.1, -0.05) is 233 Å². The largest absolute Gasteiger partial charge is 0.257 e. The van der Waals surface area contributed by atoms with Gasteiger partial charge in [0.2, 0.25) is 0 Å². The molecule has 0 aliphatic heterocycles. The van der Waals surface area contributed by atoms with Gasteiger partial charge in [-0.2, -0.15) is 0 Å². The molecule has 2 nitrogen and oxygen atoms in total. The highest BCUT2D eigenvalue weighted by Crippen LogP contribution is 2.27. The van der Waals surface area contributed by atoms with Crippen molar-refractivity contribution < 1.29 is 4.57 Å². The smallest absolute Gasteiger partial charge is 0.247 e. The summed E-state index contributed by atoms with van der Waals surface area (Å²) in [5, 5.41) is 0. The Morgan fingerprint density at radius 3 is 0.979 bits per heavy atom. The van der Waals surface area contributed by atoms with Crippen molar-refractivity contribution in [2.75, 3.05) is 0 Å². The van der Waals surface area contributed by atoms with E-state index in [1.807, 2.05) is 0 Å². The summed E-state index contributed by atoms with van der Waals surface area (Å²) in [6.07, 6.45) is 57.6. The molecule has 0 radical (unpaired) electrons. The van der Waals surface area contributed by atoms with Crippen molar-refractivity contribution in [1.29, 1.82) is 0 Å². The van der Waals surface area contributed by atoms with E-state index in [1.54, 1.807) is 0 Å². The Hall–Kier alpha value is -0.790. The molecule has 0 saturated carbocycles. The van der Waals surface area contributed by atoms with Crippen molar-refractivity contribution in [3.05, 3.63) is 18.2 Å². The van der Waals surface area contributed by atoms with Crippen LogP contribution in [0.2, 0.25) is 0 Å². The Morgan fingerprint density at radius 2 is 0.667 bits per heavy atom. The van der Waals surface area contributed by atoms with Crippen LogP contribution in [-0.2, 0) is 0 Å². The van der Waals surface area contributed by atoms with Gasteiger partial charge in [-0.25, -0.2) is 9.55 Å². The minimum atomic E-state index is 0.618. The molecule has 2 heteroatoms. The second-order valence-corrected chi connectivity index (χ2v) is 16.1. The predicted octanol–water partition coefficient (Wildman–Crippen LogP) is 16.4. The minimum absolute atomic E-state index is 0.618. The molecule has 0 amide bonds. The number of aromatic nitrogens is 2. The summed E-state index contributed by atoms with van der Waals surface area (Å²) in [5.41, 5.74) is 0. The highest BCUT2D eigenvalue weighted by atomic mass is 15.1. The van der Waals surface area contributed by atoms with Crippen LogP contribution in [0.15, 0.2) is 12.4 Å². The van der Waals surface area contributed by atoms with Gasteiger partial charge in [0.05, 0.1) is 12.0 Å². The van der Waals surface area contributed by atoms with Crippen LogP contribution in [0.4, 0.5) is 0 Å². The number of unbranched alkanes of at least 4 members (excludes halogenated alkanes) is 31. The van der Waals surface area contributed by atoms with E-state index in [0.717, 1.165) is 0 Å². The van der Waals surface area contributed by atoms with Crippen LogP contribution in [0.25, 0.3) is 0 Å². The van der Waals surface area contributed by atoms with E-state index in [9.17, 15) is 0 Å². The Balaban J connectivity index is 2.32. The molecule has 0 spiro atoms. The molecule has 1 rings (SSSR count). The second-order valence-electron chi connectivity index (χ2n) is 16.1. The Morgan fingerprint density at radius 1 is 0.396 bits per heavy atom. The average molecular weight is 672 g/mol. The fourth-order valence-electron chi connectivity index (χ4n) is 8.02. The molecule has 0 aliphatic carbocycles. The lowest BCUT2D eigenvalue weighted by molar-refractivity contribution is -0.727. The van der Waals surface area contributed by atoms with E-state index < -0.39 is 0 Å². The monoisotopic (exact) mass is 672 g/mol. The van der Waals surface area contributed by atoms with Crippen LogP contribution in [0, 0.1) is 0 Å². The summed E-state index contributed by atoms with van der Waals surface area (Å²) in [5.74, 6) is 2.25. The normalized spacial score (nSPS) is 13.0. The fourth-order valence-corrected chi connectivity index (χ4v) is 8.02. The first kappa shape index (κ1) is 45.2. The van der Waals surface area contributed by atoms with Crippen LogP contribution in [-0.4, -0.2) is 4.98 Å². The molecule has 1 aromatic rings. The Bertz CT molecular complexity index is 738. The number of nitrogens with zero attached hydrogens (tertiary/aromatic N) is 1. The van der Waals surface area contributed by atoms with E-state index in [1.165, 1.54) is 243 Å². The van der Waals surface area contributed by atoms with Crippen molar-refractivity contribution >= 4 is 0 Å². The van der Waals surface area contributed by atoms with Crippen LogP contribution in [0.3, 0.4) is 0 Å². The molecule has 0 bridgehead atoms. The molecule has 2 unspecified atom stereocenters. The third kappa shape index (κ3) is 27.0. The number of H-pyrrole nitrogens is 1. The molecule has 0 aliphatic rings. The third-order valence-electron chi connectivity index (χ3n) is 11.4. The van der Waals surface area contributed by atoms with Crippen molar-refractivity contribution in [2.24, 2.45) is 0 Å². The summed E-state index contributed by atoms with van der Waals surface area (Å²) in [6, 6.07) is 0.618. The van der Waals surface area contributed by atoms with Gasteiger partial charge in [-0.3, -0.25) is 0 Å². The zero-order chi connectivity index (χ0) is 34.6. The van der Waals surface area contributed by atoms with E-state index >= 15 is 0 Å². The number of imidazole rings is 1. The molecule has 1 heterocycles. The van der Waals surface area contributed by atoms with Crippen molar-refractivity contribution in [3.63, 3.8) is 0 Å². The number of aromatic amines is 1. The van der Waals surface area contributed by atoms with Crippen molar-refractivity contribution in [2.45, 2.75) is 277 Å². The fraction of sp³-hybridized carbons (Fsp3) is 0.935. The molecule has 2 atom stereocenters. The van der Waals surface area contributed by atoms with Gasteiger partial charge in [0.1, 0.15) is 12.4 Å². The Labute approximate surface area is 304 Å². The van der Waals surface area contributed by atoms with Gasteiger partial charge in [-0.15, -0.1) is 0 Å². The maximum absolute atomic E-state index is 3.77. The Kier molecular flexibility index (Phi) is 33.9. The zero-order valence-electron chi connectivity index (χ0n) is 33.9. The number of hydrogen-bond donors (Lipinski definition) is 1. The summed E-state index contributed by atoms with van der Waals surface area (Å²) >= 11 is 0. The first-order chi connectivity index (χ1) is 23.7. The molecular formula is C46H91N2+. The second kappa shape index (κ2) is 36.0. The lowest BCUT2D eigenvalue weighted by Crippen LogP contribution is -2.41. The highest BCUT2D eigenvalue weighted by molar-refractivity contribution is 4.90. The molecule has 1 N–H and O–H groups in total.